The van der Waals surface area contributed by atoms with Crippen molar-refractivity contribution >= 4 is 50.1 Å². The zero-order chi connectivity index (χ0) is 30.8. The lowest BCUT2D eigenvalue weighted by Crippen LogP contribution is -2.40. The highest BCUT2D eigenvalue weighted by Gasteiger charge is 2.33. The summed E-state index contributed by atoms with van der Waals surface area (Å²) in [6, 6.07) is 26.9. The topological polar surface area (TPSA) is 79.1 Å². The molecule has 0 amide bonds. The number of allylic oxidation sites excluding steroid dienone is 1. The Labute approximate surface area is 266 Å². The molecule has 1 aliphatic heterocycles. The van der Waals surface area contributed by atoms with E-state index < -0.39 is 12.0 Å². The maximum Gasteiger partial charge on any atom is 0.338 e. The van der Waals surface area contributed by atoms with Crippen LogP contribution in [0.5, 0.6) is 11.5 Å². The standard InChI is InChI=1S/C35H29BrN2O5S/c1-4-27-31(34(40)42-3)32(22-12-6-5-7-13-22)38-33(39)30(44-35(38)37-27)18-24-17-28(41-2)29(19-26(24)36)43-20-23-15-10-14-21-11-8-9-16-25(21)23/h5-19,32H,4,20H2,1-3H3/b30-18-/t32-/m1/s1. The number of fused-ring (bicyclic) bond motifs is 2. The van der Waals surface area contributed by atoms with Gasteiger partial charge in [-0.05, 0) is 52.1 Å². The van der Waals surface area contributed by atoms with Gasteiger partial charge in [0.2, 0.25) is 0 Å². The van der Waals surface area contributed by atoms with Crippen molar-refractivity contribution in [3.8, 4) is 11.5 Å². The van der Waals surface area contributed by atoms with Crippen LogP contribution in [-0.4, -0.2) is 24.8 Å². The van der Waals surface area contributed by atoms with Crippen LogP contribution in [0.25, 0.3) is 16.8 Å². The number of methoxy groups -OCH3 is 2. The van der Waals surface area contributed by atoms with Crippen LogP contribution in [0.1, 0.15) is 36.1 Å². The summed E-state index contributed by atoms with van der Waals surface area (Å²) in [5.41, 5.74) is 3.34. The van der Waals surface area contributed by atoms with E-state index in [1.54, 1.807) is 17.8 Å². The average Bonchev–Trinajstić information content (AvgIpc) is 3.37. The molecule has 222 valence electrons. The summed E-state index contributed by atoms with van der Waals surface area (Å²) in [5.74, 6) is 0.612. The van der Waals surface area contributed by atoms with Crippen molar-refractivity contribution < 1.29 is 19.0 Å². The van der Waals surface area contributed by atoms with Gasteiger partial charge in [0.1, 0.15) is 6.61 Å². The molecule has 0 saturated carbocycles. The lowest BCUT2D eigenvalue weighted by molar-refractivity contribution is -0.136. The number of ether oxygens (including phenoxy) is 3. The van der Waals surface area contributed by atoms with Crippen molar-refractivity contribution in [3.63, 3.8) is 0 Å². The van der Waals surface area contributed by atoms with Gasteiger partial charge in [0.05, 0.1) is 36.1 Å². The first-order chi connectivity index (χ1) is 21.4. The molecule has 9 heteroatoms. The summed E-state index contributed by atoms with van der Waals surface area (Å²) in [6.45, 7) is 2.30. The fraction of sp³-hybridized carbons (Fsp3) is 0.171. The summed E-state index contributed by atoms with van der Waals surface area (Å²) in [7, 11) is 2.93. The Balaban J connectivity index is 1.41. The number of benzene rings is 4. The van der Waals surface area contributed by atoms with E-state index in [0.29, 0.717) is 45.1 Å². The van der Waals surface area contributed by atoms with E-state index in [1.165, 1.54) is 18.4 Å². The van der Waals surface area contributed by atoms with Crippen molar-refractivity contribution in [1.82, 2.24) is 4.57 Å². The van der Waals surface area contributed by atoms with Gasteiger partial charge in [0, 0.05) is 4.47 Å². The quantitative estimate of drug-likeness (QED) is 0.181. The maximum atomic E-state index is 14.0. The van der Waals surface area contributed by atoms with Crippen LogP contribution in [0.2, 0.25) is 0 Å². The number of rotatable bonds is 8. The van der Waals surface area contributed by atoms with Crippen molar-refractivity contribution in [1.29, 1.82) is 0 Å². The lowest BCUT2D eigenvalue weighted by atomic mass is 9.95. The maximum absolute atomic E-state index is 14.0. The van der Waals surface area contributed by atoms with Gasteiger partial charge in [-0.3, -0.25) is 9.36 Å². The number of esters is 1. The van der Waals surface area contributed by atoms with E-state index in [0.717, 1.165) is 31.9 Å². The van der Waals surface area contributed by atoms with Crippen LogP contribution in [0, 0.1) is 0 Å². The van der Waals surface area contributed by atoms with Crippen LogP contribution in [0.15, 0.2) is 110 Å². The summed E-state index contributed by atoms with van der Waals surface area (Å²) in [6.07, 6.45) is 2.32. The molecule has 1 atom stereocenters. The summed E-state index contributed by atoms with van der Waals surface area (Å²) in [4.78, 5) is 32.3. The Bertz CT molecular complexity index is 2090. The Kier molecular flexibility index (Phi) is 8.50. The Morgan fingerprint density at radius 1 is 1.00 bits per heavy atom. The largest absolute Gasteiger partial charge is 0.493 e. The first-order valence-electron chi connectivity index (χ1n) is 14.1. The molecule has 2 heterocycles. The van der Waals surface area contributed by atoms with Crippen LogP contribution < -0.4 is 24.4 Å². The number of carbonyl (C=O) groups excluding carboxylic acids is 1. The Hall–Kier alpha value is -4.47. The molecule has 0 radical (unpaired) electrons. The summed E-state index contributed by atoms with van der Waals surface area (Å²) >= 11 is 4.95. The number of carbonyl (C=O) groups is 1. The molecule has 44 heavy (non-hydrogen) atoms. The van der Waals surface area contributed by atoms with E-state index in [4.69, 9.17) is 19.2 Å². The molecule has 1 aromatic heterocycles. The molecule has 1 aliphatic rings. The van der Waals surface area contributed by atoms with Crippen LogP contribution in [0.4, 0.5) is 0 Å². The third kappa shape index (κ3) is 5.49. The zero-order valence-electron chi connectivity index (χ0n) is 24.4. The molecule has 5 aromatic rings. The molecule has 0 bridgehead atoms. The third-order valence-corrected chi connectivity index (χ3v) is 9.27. The molecule has 0 fully saturated rings. The average molecular weight is 670 g/mol. The van der Waals surface area contributed by atoms with E-state index >= 15 is 0 Å². The van der Waals surface area contributed by atoms with Gasteiger partial charge in [-0.15, -0.1) is 0 Å². The van der Waals surface area contributed by atoms with Gasteiger partial charge >= 0.3 is 5.97 Å². The van der Waals surface area contributed by atoms with Crippen molar-refractivity contribution in [2.45, 2.75) is 26.0 Å². The first-order valence-corrected chi connectivity index (χ1v) is 15.7. The molecular formula is C35H29BrN2O5S. The van der Waals surface area contributed by atoms with Crippen molar-refractivity contribution in [3.05, 3.63) is 137 Å². The highest BCUT2D eigenvalue weighted by atomic mass is 79.9. The zero-order valence-corrected chi connectivity index (χ0v) is 26.8. The lowest BCUT2D eigenvalue weighted by Gasteiger charge is -2.25. The number of hydrogen-bond acceptors (Lipinski definition) is 7. The fourth-order valence-corrected chi connectivity index (χ4v) is 6.91. The minimum absolute atomic E-state index is 0.249. The van der Waals surface area contributed by atoms with E-state index in [-0.39, 0.29) is 5.56 Å². The van der Waals surface area contributed by atoms with Gasteiger partial charge in [-0.2, -0.15) is 0 Å². The highest BCUT2D eigenvalue weighted by molar-refractivity contribution is 9.10. The normalized spacial score (nSPS) is 14.7. The number of nitrogens with zero attached hydrogens (tertiary/aromatic N) is 2. The highest BCUT2D eigenvalue weighted by Crippen LogP contribution is 2.35. The van der Waals surface area contributed by atoms with E-state index in [1.807, 2.05) is 67.6 Å². The smallest absolute Gasteiger partial charge is 0.338 e. The minimum Gasteiger partial charge on any atom is -0.493 e. The minimum atomic E-state index is -0.653. The van der Waals surface area contributed by atoms with E-state index in [9.17, 15) is 9.59 Å². The number of halogens is 1. The van der Waals surface area contributed by atoms with Crippen molar-refractivity contribution in [2.24, 2.45) is 4.99 Å². The predicted molar refractivity (Wildman–Crippen MR) is 176 cm³/mol. The summed E-state index contributed by atoms with van der Waals surface area (Å²) in [5, 5.41) is 2.29. The second-order valence-corrected chi connectivity index (χ2v) is 12.0. The Morgan fingerprint density at radius 2 is 1.75 bits per heavy atom. The monoisotopic (exact) mass is 668 g/mol. The number of hydrogen-bond donors (Lipinski definition) is 0. The molecular weight excluding hydrogens is 640 g/mol. The fourth-order valence-electron chi connectivity index (χ4n) is 5.46. The van der Waals surface area contributed by atoms with E-state index in [2.05, 4.69) is 40.2 Å². The molecule has 0 aliphatic carbocycles. The summed E-state index contributed by atoms with van der Waals surface area (Å²) < 4.78 is 19.9. The van der Waals surface area contributed by atoms with Gasteiger partial charge in [0.15, 0.2) is 16.3 Å². The number of aromatic nitrogens is 1. The second kappa shape index (κ2) is 12.6. The van der Waals surface area contributed by atoms with Crippen molar-refractivity contribution in [2.75, 3.05) is 14.2 Å². The number of thiazole rings is 1. The van der Waals surface area contributed by atoms with Crippen LogP contribution >= 0.6 is 27.3 Å². The molecule has 0 spiro atoms. The predicted octanol–water partition coefficient (Wildman–Crippen LogP) is 6.30. The molecule has 4 aromatic carbocycles. The van der Waals surface area contributed by atoms with Crippen LogP contribution in [0.3, 0.4) is 0 Å². The van der Waals surface area contributed by atoms with Gasteiger partial charge in [-0.1, -0.05) is 107 Å². The third-order valence-electron chi connectivity index (χ3n) is 7.60. The molecule has 6 rings (SSSR count). The first kappa shape index (κ1) is 29.6. The second-order valence-electron chi connectivity index (χ2n) is 10.2. The molecule has 0 saturated heterocycles. The SMILES string of the molecule is CCC1=C(C(=O)OC)[C@@H](c2ccccc2)n2c(s/c(=C\c3cc(OC)c(OCc4cccc5ccccc45)cc3Br)c2=O)=N1. The van der Waals surface area contributed by atoms with Gasteiger partial charge < -0.3 is 14.2 Å². The molecule has 0 N–H and O–H groups in total. The van der Waals surface area contributed by atoms with Crippen LogP contribution in [-0.2, 0) is 16.1 Å². The van der Waals surface area contributed by atoms with Gasteiger partial charge in [0.25, 0.3) is 5.56 Å². The molecule has 0 unspecified atom stereocenters. The van der Waals surface area contributed by atoms with Gasteiger partial charge in [-0.25, -0.2) is 9.79 Å². The molecule has 7 nitrogen and oxygen atoms in total. The Morgan fingerprint density at radius 3 is 2.50 bits per heavy atom.